The van der Waals surface area contributed by atoms with Crippen LogP contribution in [0.3, 0.4) is 0 Å². The van der Waals surface area contributed by atoms with E-state index in [9.17, 15) is 9.59 Å². The first kappa shape index (κ1) is 26.7. The Morgan fingerprint density at radius 2 is 1.81 bits per heavy atom. The molecule has 3 heterocycles. The fraction of sp³-hybridized carbons (Fsp3) is 0.147. The van der Waals surface area contributed by atoms with Gasteiger partial charge in [0.2, 0.25) is 6.79 Å². The number of rotatable bonds is 6. The predicted molar refractivity (Wildman–Crippen MR) is 164 cm³/mol. The van der Waals surface area contributed by atoms with E-state index in [2.05, 4.69) is 0 Å². The summed E-state index contributed by atoms with van der Waals surface area (Å²) < 4.78 is 24.5. The van der Waals surface area contributed by atoms with Crippen LogP contribution in [0, 0.1) is 0 Å². The summed E-state index contributed by atoms with van der Waals surface area (Å²) in [5, 5.41) is 1.98. The van der Waals surface area contributed by atoms with Gasteiger partial charge in [0.15, 0.2) is 16.3 Å². The summed E-state index contributed by atoms with van der Waals surface area (Å²) in [6.45, 7) is 2.02. The van der Waals surface area contributed by atoms with Crippen LogP contribution in [0.25, 0.3) is 22.5 Å². The summed E-state index contributed by atoms with van der Waals surface area (Å²) in [5.41, 5.74) is 2.65. The lowest BCUT2D eigenvalue weighted by Gasteiger charge is -2.26. The molecule has 8 nitrogen and oxygen atoms in total. The van der Waals surface area contributed by atoms with Gasteiger partial charge >= 0.3 is 5.97 Å². The number of aromatic nitrogens is 1. The van der Waals surface area contributed by atoms with E-state index in [1.54, 1.807) is 24.7 Å². The van der Waals surface area contributed by atoms with Crippen LogP contribution >= 0.6 is 11.3 Å². The summed E-state index contributed by atoms with van der Waals surface area (Å²) >= 11 is 1.26. The summed E-state index contributed by atoms with van der Waals surface area (Å²) in [6.07, 6.45) is 1.85. The Labute approximate surface area is 250 Å². The highest BCUT2D eigenvalue weighted by molar-refractivity contribution is 7.07. The quantitative estimate of drug-likeness (QED) is 0.264. The molecule has 0 aliphatic carbocycles. The molecule has 2 aliphatic rings. The number of ether oxygens (including phenoxy) is 4. The van der Waals surface area contributed by atoms with Gasteiger partial charge in [-0.05, 0) is 47.5 Å². The summed E-state index contributed by atoms with van der Waals surface area (Å²) in [5.74, 6) is 1.25. The van der Waals surface area contributed by atoms with Crippen LogP contribution in [-0.4, -0.2) is 31.0 Å². The topological polar surface area (TPSA) is 88.4 Å². The SMILES string of the molecule is CCOC(=O)C1=C(c2ccccc2)N=c2s/c(=C/c3c(OC)ccc4ccccc34)c(=O)n2[C@H]1c1ccc2c(c1)OCO2. The molecule has 0 amide bonds. The Hall–Kier alpha value is -5.15. The summed E-state index contributed by atoms with van der Waals surface area (Å²) in [4.78, 5) is 33.5. The number of carbonyl (C=O) groups is 1. The molecule has 4 aromatic carbocycles. The van der Waals surface area contributed by atoms with E-state index in [-0.39, 0.29) is 24.5 Å². The second kappa shape index (κ2) is 10.9. The Kier molecular flexibility index (Phi) is 6.79. The van der Waals surface area contributed by atoms with Crippen LogP contribution < -0.4 is 29.1 Å². The smallest absolute Gasteiger partial charge is 0.338 e. The van der Waals surface area contributed by atoms with E-state index in [1.807, 2.05) is 84.9 Å². The molecule has 0 bridgehead atoms. The minimum absolute atomic E-state index is 0.101. The second-order valence-corrected chi connectivity index (χ2v) is 11.0. The van der Waals surface area contributed by atoms with Crippen molar-refractivity contribution in [2.24, 2.45) is 4.99 Å². The minimum atomic E-state index is -0.823. The maximum atomic E-state index is 14.4. The molecule has 0 fully saturated rings. The van der Waals surface area contributed by atoms with Gasteiger partial charge in [0.05, 0.1) is 35.6 Å². The lowest BCUT2D eigenvalue weighted by Crippen LogP contribution is -2.40. The third kappa shape index (κ3) is 4.58. The highest BCUT2D eigenvalue weighted by Gasteiger charge is 2.36. The van der Waals surface area contributed by atoms with Gasteiger partial charge in [0, 0.05) is 11.1 Å². The first-order chi connectivity index (χ1) is 21.1. The van der Waals surface area contributed by atoms with Crippen LogP contribution in [0.4, 0.5) is 0 Å². The minimum Gasteiger partial charge on any atom is -0.496 e. The van der Waals surface area contributed by atoms with E-state index >= 15 is 0 Å². The highest BCUT2D eigenvalue weighted by atomic mass is 32.1. The van der Waals surface area contributed by atoms with E-state index in [1.165, 1.54) is 11.3 Å². The molecule has 0 N–H and O–H groups in total. The fourth-order valence-corrected chi connectivity index (χ4v) is 6.56. The Morgan fingerprint density at radius 1 is 1.02 bits per heavy atom. The zero-order valence-corrected chi connectivity index (χ0v) is 24.2. The lowest BCUT2D eigenvalue weighted by atomic mass is 9.93. The molecular weight excluding hydrogens is 564 g/mol. The number of hydrogen-bond donors (Lipinski definition) is 0. The van der Waals surface area contributed by atoms with Crippen LogP contribution in [0.1, 0.15) is 29.7 Å². The molecule has 1 atom stereocenters. The molecular formula is C34H26N2O6S. The fourth-order valence-electron chi connectivity index (χ4n) is 5.57. The van der Waals surface area contributed by atoms with Crippen LogP contribution in [0.15, 0.2) is 100 Å². The van der Waals surface area contributed by atoms with Crippen molar-refractivity contribution in [1.29, 1.82) is 0 Å². The standard InChI is InChI=1S/C34H26N2O6S/c1-3-40-33(38)29-30(21-10-5-4-6-11-21)35-34-36(31(29)22-14-16-26-27(17-22)42-19-41-26)32(37)28(43-34)18-24-23-12-8-7-9-20(23)13-15-25(24)39-2/h4-18,31H,3,19H2,1-2H3/b28-18+/t31-/m0/s1. The number of hydrogen-bond acceptors (Lipinski definition) is 8. The molecule has 7 rings (SSSR count). The molecule has 1 aromatic heterocycles. The average Bonchev–Trinajstić information content (AvgIpc) is 3.64. The third-order valence-electron chi connectivity index (χ3n) is 7.51. The first-order valence-corrected chi connectivity index (χ1v) is 14.6. The maximum absolute atomic E-state index is 14.4. The van der Waals surface area contributed by atoms with Crippen molar-refractivity contribution in [3.63, 3.8) is 0 Å². The van der Waals surface area contributed by atoms with Crippen molar-refractivity contribution in [3.05, 3.63) is 127 Å². The maximum Gasteiger partial charge on any atom is 0.338 e. The summed E-state index contributed by atoms with van der Waals surface area (Å²) in [6, 6.07) is 25.9. The second-order valence-electron chi connectivity index (χ2n) is 9.95. The van der Waals surface area contributed by atoms with Gasteiger partial charge < -0.3 is 18.9 Å². The first-order valence-electron chi connectivity index (χ1n) is 13.8. The van der Waals surface area contributed by atoms with E-state index in [0.717, 1.165) is 21.9 Å². The zero-order valence-electron chi connectivity index (χ0n) is 23.4. The van der Waals surface area contributed by atoms with Crippen molar-refractivity contribution in [2.75, 3.05) is 20.5 Å². The monoisotopic (exact) mass is 590 g/mol. The van der Waals surface area contributed by atoms with E-state index in [4.69, 9.17) is 23.9 Å². The molecule has 0 saturated heterocycles. The van der Waals surface area contributed by atoms with E-state index in [0.29, 0.717) is 37.8 Å². The Bertz CT molecular complexity index is 2110. The summed E-state index contributed by atoms with van der Waals surface area (Å²) in [7, 11) is 1.61. The van der Waals surface area contributed by atoms with Crippen molar-refractivity contribution in [3.8, 4) is 17.2 Å². The van der Waals surface area contributed by atoms with Gasteiger partial charge in [-0.15, -0.1) is 0 Å². The van der Waals surface area contributed by atoms with Crippen LogP contribution in [-0.2, 0) is 9.53 Å². The molecule has 0 radical (unpaired) electrons. The molecule has 0 saturated carbocycles. The van der Waals surface area contributed by atoms with E-state index < -0.39 is 12.0 Å². The highest BCUT2D eigenvalue weighted by Crippen LogP contribution is 2.40. The van der Waals surface area contributed by atoms with Gasteiger partial charge in [-0.25, -0.2) is 9.79 Å². The molecule has 0 unspecified atom stereocenters. The normalized spacial score (nSPS) is 15.8. The number of methoxy groups -OCH3 is 1. The average molecular weight is 591 g/mol. The number of fused-ring (bicyclic) bond motifs is 3. The van der Waals surface area contributed by atoms with Gasteiger partial charge in [0.25, 0.3) is 5.56 Å². The molecule has 9 heteroatoms. The largest absolute Gasteiger partial charge is 0.496 e. The molecule has 0 spiro atoms. The molecule has 43 heavy (non-hydrogen) atoms. The number of esters is 1. The molecule has 2 aliphatic heterocycles. The van der Waals surface area contributed by atoms with Crippen molar-refractivity contribution < 1.29 is 23.7 Å². The molecule has 5 aromatic rings. The van der Waals surface area contributed by atoms with Gasteiger partial charge in [-0.2, -0.15) is 0 Å². The Balaban J connectivity index is 1.53. The predicted octanol–water partition coefficient (Wildman–Crippen LogP) is 4.83. The number of carbonyl (C=O) groups excluding carboxylic acids is 1. The van der Waals surface area contributed by atoms with Crippen molar-refractivity contribution in [2.45, 2.75) is 13.0 Å². The van der Waals surface area contributed by atoms with Crippen molar-refractivity contribution in [1.82, 2.24) is 4.57 Å². The third-order valence-corrected chi connectivity index (χ3v) is 8.50. The van der Waals surface area contributed by atoms with Gasteiger partial charge in [-0.3, -0.25) is 9.36 Å². The number of thiazole rings is 1. The van der Waals surface area contributed by atoms with Crippen molar-refractivity contribution >= 4 is 39.9 Å². The number of nitrogens with zero attached hydrogens (tertiary/aromatic N) is 2. The van der Waals surface area contributed by atoms with Crippen LogP contribution in [0.2, 0.25) is 0 Å². The molecule has 214 valence electrons. The number of benzene rings is 4. The van der Waals surface area contributed by atoms with Gasteiger partial charge in [0.1, 0.15) is 5.75 Å². The van der Waals surface area contributed by atoms with Crippen LogP contribution in [0.5, 0.6) is 17.2 Å². The Morgan fingerprint density at radius 3 is 2.63 bits per heavy atom. The zero-order chi connectivity index (χ0) is 29.5. The lowest BCUT2D eigenvalue weighted by molar-refractivity contribution is -0.138. The van der Waals surface area contributed by atoms with Gasteiger partial charge in [-0.1, -0.05) is 78.1 Å².